The molecular weight excluding hydrogens is 244 g/mol. The lowest BCUT2D eigenvalue weighted by atomic mass is 10.2. The number of carbonyl (C=O) groups excluding carboxylic acids is 1. The van der Waals surface area contributed by atoms with Crippen molar-refractivity contribution in [2.45, 2.75) is 18.9 Å². The number of benzene rings is 1. The lowest BCUT2D eigenvalue weighted by Crippen LogP contribution is -2.31. The molecule has 1 fully saturated rings. The number of hydrogen-bond acceptors (Lipinski definition) is 4. The number of hydrogen-bond donors (Lipinski definition) is 2. The van der Waals surface area contributed by atoms with Crippen LogP contribution in [-0.2, 0) is 4.74 Å². The smallest absolute Gasteiger partial charge is 0.251 e. The molecule has 104 valence electrons. The molecule has 1 atom stereocenters. The molecule has 19 heavy (non-hydrogen) atoms. The molecule has 1 aliphatic rings. The Balaban J connectivity index is 1.86. The average Bonchev–Trinajstić information content (AvgIpc) is 2.96. The molecule has 0 saturated carbocycles. The number of ether oxygens (including phenoxy) is 2. The van der Waals surface area contributed by atoms with Crippen LogP contribution in [0.4, 0.5) is 0 Å². The van der Waals surface area contributed by atoms with Gasteiger partial charge in [0.1, 0.15) is 12.4 Å². The van der Waals surface area contributed by atoms with Crippen molar-refractivity contribution in [3.05, 3.63) is 29.8 Å². The van der Waals surface area contributed by atoms with E-state index < -0.39 is 0 Å². The summed E-state index contributed by atoms with van der Waals surface area (Å²) in [6, 6.07) is 7.10. The van der Waals surface area contributed by atoms with Gasteiger partial charge in [0.2, 0.25) is 0 Å². The van der Waals surface area contributed by atoms with Gasteiger partial charge >= 0.3 is 0 Å². The Bertz CT molecular complexity index is 417. The van der Waals surface area contributed by atoms with E-state index in [0.717, 1.165) is 19.4 Å². The quantitative estimate of drug-likeness (QED) is 0.801. The number of amides is 1. The minimum absolute atomic E-state index is 0.103. The van der Waals surface area contributed by atoms with E-state index >= 15 is 0 Å². The maximum Gasteiger partial charge on any atom is 0.251 e. The summed E-state index contributed by atoms with van der Waals surface area (Å²) in [5, 5.41) is 2.88. The second-order valence-electron chi connectivity index (χ2n) is 4.51. The third-order valence-corrected chi connectivity index (χ3v) is 3.00. The predicted octanol–water partition coefficient (Wildman–Crippen LogP) is 0.933. The van der Waals surface area contributed by atoms with Gasteiger partial charge in [-0.1, -0.05) is 6.07 Å². The zero-order valence-electron chi connectivity index (χ0n) is 10.9. The van der Waals surface area contributed by atoms with Crippen LogP contribution >= 0.6 is 0 Å². The summed E-state index contributed by atoms with van der Waals surface area (Å²) in [6.45, 7) is 2.26. The number of carbonyl (C=O) groups is 1. The van der Waals surface area contributed by atoms with E-state index in [0.29, 0.717) is 31.0 Å². The Morgan fingerprint density at radius 1 is 1.53 bits per heavy atom. The first-order chi connectivity index (χ1) is 9.29. The highest BCUT2D eigenvalue weighted by molar-refractivity contribution is 5.94. The summed E-state index contributed by atoms with van der Waals surface area (Å²) < 4.78 is 10.9. The van der Waals surface area contributed by atoms with Gasteiger partial charge in [0.15, 0.2) is 0 Å². The highest BCUT2D eigenvalue weighted by Gasteiger charge is 2.16. The van der Waals surface area contributed by atoms with Crippen LogP contribution in [0.25, 0.3) is 0 Å². The Labute approximate surface area is 113 Å². The second-order valence-corrected chi connectivity index (χ2v) is 4.51. The fraction of sp³-hybridized carbons (Fsp3) is 0.500. The minimum atomic E-state index is -0.103. The topological polar surface area (TPSA) is 73.6 Å². The van der Waals surface area contributed by atoms with Gasteiger partial charge in [-0.25, -0.2) is 0 Å². The van der Waals surface area contributed by atoms with Crippen molar-refractivity contribution in [3.8, 4) is 5.75 Å². The van der Waals surface area contributed by atoms with Crippen LogP contribution in [0.1, 0.15) is 23.2 Å². The van der Waals surface area contributed by atoms with Gasteiger partial charge in [-0.2, -0.15) is 0 Å². The second kappa shape index (κ2) is 7.11. The van der Waals surface area contributed by atoms with E-state index in [1.165, 1.54) is 0 Å². The molecular formula is C14H20N2O3. The van der Waals surface area contributed by atoms with Crippen molar-refractivity contribution in [3.63, 3.8) is 0 Å². The van der Waals surface area contributed by atoms with Crippen LogP contribution in [0, 0.1) is 0 Å². The van der Waals surface area contributed by atoms with E-state index in [1.54, 1.807) is 18.2 Å². The first-order valence-electron chi connectivity index (χ1n) is 6.62. The maximum absolute atomic E-state index is 12.0. The standard InChI is InChI=1S/C14H20N2O3/c15-6-8-19-12-4-1-3-11(9-12)14(17)16-10-13-5-2-7-18-13/h1,3-4,9,13H,2,5-8,10,15H2,(H,16,17). The van der Waals surface area contributed by atoms with Gasteiger partial charge in [0, 0.05) is 25.3 Å². The number of nitrogens with one attached hydrogen (secondary N) is 1. The fourth-order valence-corrected chi connectivity index (χ4v) is 2.02. The summed E-state index contributed by atoms with van der Waals surface area (Å²) in [7, 11) is 0. The van der Waals surface area contributed by atoms with Gasteiger partial charge in [-0.3, -0.25) is 4.79 Å². The molecule has 1 aliphatic heterocycles. The molecule has 1 heterocycles. The van der Waals surface area contributed by atoms with Crippen LogP contribution < -0.4 is 15.8 Å². The summed E-state index contributed by atoms with van der Waals surface area (Å²) in [5.41, 5.74) is 5.96. The first-order valence-corrected chi connectivity index (χ1v) is 6.62. The first kappa shape index (κ1) is 13.8. The molecule has 2 rings (SSSR count). The SMILES string of the molecule is NCCOc1cccc(C(=O)NCC2CCCO2)c1. The molecule has 1 aromatic rings. The molecule has 1 saturated heterocycles. The molecule has 0 spiro atoms. The van der Waals surface area contributed by atoms with Crippen LogP contribution in [0.15, 0.2) is 24.3 Å². The number of nitrogens with two attached hydrogens (primary N) is 1. The number of rotatable bonds is 6. The monoisotopic (exact) mass is 264 g/mol. The maximum atomic E-state index is 12.0. The molecule has 0 radical (unpaired) electrons. The van der Waals surface area contributed by atoms with Gasteiger partial charge in [-0.15, -0.1) is 0 Å². The van der Waals surface area contributed by atoms with E-state index in [-0.39, 0.29) is 12.0 Å². The molecule has 5 heteroatoms. The Morgan fingerprint density at radius 2 is 2.42 bits per heavy atom. The highest BCUT2D eigenvalue weighted by atomic mass is 16.5. The van der Waals surface area contributed by atoms with E-state index in [4.69, 9.17) is 15.2 Å². The van der Waals surface area contributed by atoms with Crippen molar-refractivity contribution < 1.29 is 14.3 Å². The van der Waals surface area contributed by atoms with Crippen molar-refractivity contribution in [1.82, 2.24) is 5.32 Å². The molecule has 3 N–H and O–H groups in total. The van der Waals surface area contributed by atoms with E-state index in [2.05, 4.69) is 5.32 Å². The molecule has 0 aliphatic carbocycles. The highest BCUT2D eigenvalue weighted by Crippen LogP contribution is 2.14. The van der Waals surface area contributed by atoms with Crippen molar-refractivity contribution in [2.24, 2.45) is 5.73 Å². The summed E-state index contributed by atoms with van der Waals surface area (Å²) in [6.07, 6.45) is 2.24. The van der Waals surface area contributed by atoms with Crippen molar-refractivity contribution in [2.75, 3.05) is 26.3 Å². The van der Waals surface area contributed by atoms with Gasteiger partial charge in [0.05, 0.1) is 6.10 Å². The Kier molecular flexibility index (Phi) is 5.18. The van der Waals surface area contributed by atoms with Gasteiger partial charge in [0.25, 0.3) is 5.91 Å². The van der Waals surface area contributed by atoms with Crippen LogP contribution in [0.3, 0.4) is 0 Å². The van der Waals surface area contributed by atoms with Crippen LogP contribution in [-0.4, -0.2) is 38.3 Å². The Morgan fingerprint density at radius 3 is 3.16 bits per heavy atom. The lowest BCUT2D eigenvalue weighted by molar-refractivity contribution is 0.0857. The summed E-state index contributed by atoms with van der Waals surface area (Å²) in [5.74, 6) is 0.559. The molecule has 0 bridgehead atoms. The van der Waals surface area contributed by atoms with Crippen molar-refractivity contribution >= 4 is 5.91 Å². The van der Waals surface area contributed by atoms with E-state index in [9.17, 15) is 4.79 Å². The van der Waals surface area contributed by atoms with Crippen molar-refractivity contribution in [1.29, 1.82) is 0 Å². The molecule has 1 unspecified atom stereocenters. The minimum Gasteiger partial charge on any atom is -0.492 e. The third kappa shape index (κ3) is 4.22. The molecule has 1 amide bonds. The lowest BCUT2D eigenvalue weighted by Gasteiger charge is -2.11. The predicted molar refractivity (Wildman–Crippen MR) is 72.3 cm³/mol. The van der Waals surface area contributed by atoms with Crippen LogP contribution in [0.5, 0.6) is 5.75 Å². The zero-order valence-corrected chi connectivity index (χ0v) is 10.9. The summed E-state index contributed by atoms with van der Waals surface area (Å²) in [4.78, 5) is 12.0. The van der Waals surface area contributed by atoms with Crippen LogP contribution in [0.2, 0.25) is 0 Å². The summed E-state index contributed by atoms with van der Waals surface area (Å²) >= 11 is 0. The fourth-order valence-electron chi connectivity index (χ4n) is 2.02. The molecule has 0 aromatic heterocycles. The molecule has 1 aromatic carbocycles. The largest absolute Gasteiger partial charge is 0.492 e. The van der Waals surface area contributed by atoms with Gasteiger partial charge in [-0.05, 0) is 31.0 Å². The zero-order chi connectivity index (χ0) is 13.5. The van der Waals surface area contributed by atoms with Gasteiger partial charge < -0.3 is 20.5 Å². The average molecular weight is 264 g/mol. The van der Waals surface area contributed by atoms with E-state index in [1.807, 2.05) is 6.07 Å². The Hall–Kier alpha value is -1.59. The third-order valence-electron chi connectivity index (χ3n) is 3.00. The normalized spacial score (nSPS) is 18.3. The molecule has 5 nitrogen and oxygen atoms in total.